The monoisotopic (exact) mass is 219 g/mol. The van der Waals surface area contributed by atoms with Crippen molar-refractivity contribution in [2.45, 2.75) is 25.3 Å². The molecule has 0 radical (unpaired) electrons. The predicted octanol–water partition coefficient (Wildman–Crippen LogP) is 1.78. The summed E-state index contributed by atoms with van der Waals surface area (Å²) in [5.74, 6) is 0.912. The molecule has 1 fully saturated rings. The highest BCUT2D eigenvalue weighted by atomic mass is 16.5. The van der Waals surface area contributed by atoms with Crippen LogP contribution in [0.2, 0.25) is 0 Å². The summed E-state index contributed by atoms with van der Waals surface area (Å²) in [4.78, 5) is 11.8. The zero-order valence-electron chi connectivity index (χ0n) is 9.32. The van der Waals surface area contributed by atoms with Crippen molar-refractivity contribution in [1.29, 1.82) is 0 Å². The topological polar surface area (TPSA) is 38.3 Å². The summed E-state index contributed by atoms with van der Waals surface area (Å²) in [6.07, 6.45) is 3.25. The molecule has 1 aliphatic rings. The minimum Gasteiger partial charge on any atom is -0.486 e. The number of hydrogen-bond donors (Lipinski definition) is 1. The minimum absolute atomic E-state index is 0.00235. The third kappa shape index (κ3) is 3.07. The van der Waals surface area contributed by atoms with Gasteiger partial charge < -0.3 is 10.1 Å². The van der Waals surface area contributed by atoms with Crippen LogP contribution in [0.1, 0.15) is 19.3 Å². The Kier molecular flexibility index (Phi) is 3.94. The molecule has 3 nitrogen and oxygen atoms in total. The van der Waals surface area contributed by atoms with Gasteiger partial charge in [0.2, 0.25) is 0 Å². The highest BCUT2D eigenvalue weighted by Gasteiger charge is 2.20. The first-order valence-corrected chi connectivity index (χ1v) is 5.80. The zero-order valence-corrected chi connectivity index (χ0v) is 9.32. The predicted molar refractivity (Wildman–Crippen MR) is 62.6 cm³/mol. The summed E-state index contributed by atoms with van der Waals surface area (Å²) in [6, 6.07) is 9.45. The molecule has 1 atom stereocenters. The van der Waals surface area contributed by atoms with E-state index >= 15 is 0 Å². The number of Topliss-reactive ketones (excluding diaryl/α,β-unsaturated/α-hetero) is 1. The quantitative estimate of drug-likeness (QED) is 0.838. The number of hydrogen-bond acceptors (Lipinski definition) is 3. The number of ether oxygens (including phenoxy) is 1. The molecule has 3 heteroatoms. The van der Waals surface area contributed by atoms with Crippen molar-refractivity contribution < 1.29 is 9.53 Å². The lowest BCUT2D eigenvalue weighted by Gasteiger charge is -2.22. The fourth-order valence-electron chi connectivity index (χ4n) is 1.90. The molecule has 0 saturated carbocycles. The highest BCUT2D eigenvalue weighted by Crippen LogP contribution is 2.11. The van der Waals surface area contributed by atoms with Crippen molar-refractivity contribution >= 4 is 5.78 Å². The maximum absolute atomic E-state index is 11.8. The second-order valence-corrected chi connectivity index (χ2v) is 4.07. The van der Waals surface area contributed by atoms with E-state index in [1.165, 1.54) is 6.42 Å². The van der Waals surface area contributed by atoms with Gasteiger partial charge in [0.1, 0.15) is 12.4 Å². The van der Waals surface area contributed by atoms with E-state index in [1.807, 2.05) is 30.3 Å². The normalized spacial score (nSPS) is 20.4. The van der Waals surface area contributed by atoms with Crippen LogP contribution in [0.4, 0.5) is 0 Å². The molecule has 1 saturated heterocycles. The average Bonchev–Trinajstić information content (AvgIpc) is 2.38. The van der Waals surface area contributed by atoms with Gasteiger partial charge in [0.25, 0.3) is 0 Å². The SMILES string of the molecule is O=C(COc1ccccc1)C1CCCCN1. The zero-order chi connectivity index (χ0) is 11.2. The van der Waals surface area contributed by atoms with Gasteiger partial charge in [-0.2, -0.15) is 0 Å². The van der Waals surface area contributed by atoms with E-state index < -0.39 is 0 Å². The molecule has 0 aromatic heterocycles. The van der Waals surface area contributed by atoms with Crippen molar-refractivity contribution in [2.24, 2.45) is 0 Å². The second kappa shape index (κ2) is 5.66. The molecule has 1 aromatic rings. The number of para-hydroxylation sites is 1. The number of rotatable bonds is 4. The number of carbonyl (C=O) groups is 1. The molecule has 1 unspecified atom stereocenters. The van der Waals surface area contributed by atoms with Crippen LogP contribution in [0.25, 0.3) is 0 Å². The molecule has 0 bridgehead atoms. The van der Waals surface area contributed by atoms with Crippen molar-refractivity contribution in [3.8, 4) is 5.75 Å². The van der Waals surface area contributed by atoms with Crippen LogP contribution in [0.3, 0.4) is 0 Å². The Hall–Kier alpha value is -1.35. The fraction of sp³-hybridized carbons (Fsp3) is 0.462. The molecular formula is C13H17NO2. The van der Waals surface area contributed by atoms with Gasteiger partial charge in [-0.25, -0.2) is 0 Å². The first kappa shape index (κ1) is 11.1. The highest BCUT2D eigenvalue weighted by molar-refractivity contribution is 5.85. The van der Waals surface area contributed by atoms with Gasteiger partial charge >= 0.3 is 0 Å². The maximum atomic E-state index is 11.8. The van der Waals surface area contributed by atoms with Crippen LogP contribution >= 0.6 is 0 Å². The Morgan fingerprint density at radius 3 is 2.81 bits per heavy atom. The van der Waals surface area contributed by atoms with E-state index in [2.05, 4.69) is 5.32 Å². The summed E-state index contributed by atoms with van der Waals surface area (Å²) >= 11 is 0. The van der Waals surface area contributed by atoms with E-state index in [1.54, 1.807) is 0 Å². The molecule has 1 N–H and O–H groups in total. The van der Waals surface area contributed by atoms with Crippen LogP contribution in [0.5, 0.6) is 5.75 Å². The van der Waals surface area contributed by atoms with Crippen LogP contribution in [0, 0.1) is 0 Å². The van der Waals surface area contributed by atoms with Crippen molar-refractivity contribution in [1.82, 2.24) is 5.32 Å². The molecular weight excluding hydrogens is 202 g/mol. The molecule has 1 aliphatic heterocycles. The average molecular weight is 219 g/mol. The molecule has 0 amide bonds. The minimum atomic E-state index is -0.00235. The molecule has 1 aromatic carbocycles. The maximum Gasteiger partial charge on any atom is 0.186 e. The van der Waals surface area contributed by atoms with E-state index in [-0.39, 0.29) is 18.4 Å². The van der Waals surface area contributed by atoms with Crippen molar-refractivity contribution in [2.75, 3.05) is 13.2 Å². The Morgan fingerprint density at radius 2 is 2.12 bits per heavy atom. The van der Waals surface area contributed by atoms with Crippen molar-refractivity contribution in [3.63, 3.8) is 0 Å². The first-order valence-electron chi connectivity index (χ1n) is 5.80. The number of benzene rings is 1. The van der Waals surface area contributed by atoms with Gasteiger partial charge in [0.05, 0.1) is 6.04 Å². The standard InChI is InChI=1S/C13H17NO2/c15-13(12-8-4-5-9-14-12)10-16-11-6-2-1-3-7-11/h1-3,6-7,12,14H,4-5,8-10H2. The van der Waals surface area contributed by atoms with Gasteiger partial charge in [-0.15, -0.1) is 0 Å². The van der Waals surface area contributed by atoms with Crippen molar-refractivity contribution in [3.05, 3.63) is 30.3 Å². The molecule has 86 valence electrons. The van der Waals surface area contributed by atoms with Gasteiger partial charge in [0.15, 0.2) is 5.78 Å². The molecule has 0 aliphatic carbocycles. The largest absolute Gasteiger partial charge is 0.486 e. The summed E-state index contributed by atoms with van der Waals surface area (Å²) < 4.78 is 5.43. The smallest absolute Gasteiger partial charge is 0.186 e. The van der Waals surface area contributed by atoms with Gasteiger partial charge in [-0.1, -0.05) is 24.6 Å². The van der Waals surface area contributed by atoms with E-state index in [0.717, 1.165) is 25.1 Å². The Morgan fingerprint density at radius 1 is 1.31 bits per heavy atom. The Bertz CT molecular complexity index is 331. The van der Waals surface area contributed by atoms with Gasteiger partial charge in [0, 0.05) is 0 Å². The fourth-order valence-corrected chi connectivity index (χ4v) is 1.90. The Balaban J connectivity index is 1.79. The lowest BCUT2D eigenvalue weighted by Crippen LogP contribution is -2.42. The van der Waals surface area contributed by atoms with Crippen LogP contribution in [-0.4, -0.2) is 25.0 Å². The molecule has 16 heavy (non-hydrogen) atoms. The Labute approximate surface area is 95.8 Å². The lowest BCUT2D eigenvalue weighted by molar-refractivity contribution is -0.123. The molecule has 2 rings (SSSR count). The van der Waals surface area contributed by atoms with Crippen LogP contribution in [-0.2, 0) is 4.79 Å². The number of piperidine rings is 1. The summed E-state index contributed by atoms with van der Waals surface area (Å²) in [5, 5.41) is 3.23. The third-order valence-electron chi connectivity index (χ3n) is 2.82. The van der Waals surface area contributed by atoms with Gasteiger partial charge in [-0.3, -0.25) is 4.79 Å². The molecule has 0 spiro atoms. The van der Waals surface area contributed by atoms with E-state index in [0.29, 0.717) is 0 Å². The van der Waals surface area contributed by atoms with E-state index in [9.17, 15) is 4.79 Å². The van der Waals surface area contributed by atoms with Gasteiger partial charge in [-0.05, 0) is 31.5 Å². The third-order valence-corrected chi connectivity index (χ3v) is 2.82. The van der Waals surface area contributed by atoms with Crippen LogP contribution < -0.4 is 10.1 Å². The lowest BCUT2D eigenvalue weighted by atomic mass is 10.0. The number of ketones is 1. The summed E-state index contributed by atoms with van der Waals surface area (Å²) in [7, 11) is 0. The number of nitrogens with one attached hydrogen (secondary N) is 1. The van der Waals surface area contributed by atoms with Crippen LogP contribution in [0.15, 0.2) is 30.3 Å². The summed E-state index contributed by atoms with van der Waals surface area (Å²) in [5.41, 5.74) is 0. The molecule has 1 heterocycles. The first-order chi connectivity index (χ1) is 7.86. The second-order valence-electron chi connectivity index (χ2n) is 4.07. The van der Waals surface area contributed by atoms with E-state index in [4.69, 9.17) is 4.74 Å². The summed E-state index contributed by atoms with van der Waals surface area (Å²) in [6.45, 7) is 1.11. The number of carbonyl (C=O) groups excluding carboxylic acids is 1.